The average molecular weight is 246 g/mol. The van der Waals surface area contributed by atoms with Crippen molar-refractivity contribution in [1.29, 1.82) is 0 Å². The van der Waals surface area contributed by atoms with E-state index in [4.69, 9.17) is 0 Å². The molecule has 0 unspecified atom stereocenters. The van der Waals surface area contributed by atoms with Crippen molar-refractivity contribution < 1.29 is 5.11 Å². The van der Waals surface area contributed by atoms with Gasteiger partial charge in [-0.3, -0.25) is 4.98 Å². The largest absolute Gasteiger partial charge is 0.507 e. The lowest BCUT2D eigenvalue weighted by Crippen LogP contribution is -1.87. The molecule has 1 radical (unpaired) electrons. The van der Waals surface area contributed by atoms with E-state index in [2.05, 4.69) is 11.1 Å². The maximum atomic E-state index is 9.99. The fourth-order valence-corrected chi connectivity index (χ4v) is 2.08. The molecule has 0 spiro atoms. The molecular weight excluding hydrogens is 234 g/mol. The second-order valence-electron chi connectivity index (χ2n) is 4.19. The molecule has 3 rings (SSSR count). The van der Waals surface area contributed by atoms with E-state index in [0.29, 0.717) is 0 Å². The predicted molar refractivity (Wildman–Crippen MR) is 75.6 cm³/mol. The number of phenolic OH excluding ortho intramolecular Hbond substituents is 1. The second-order valence-corrected chi connectivity index (χ2v) is 4.19. The Morgan fingerprint density at radius 3 is 2.42 bits per heavy atom. The third-order valence-corrected chi connectivity index (χ3v) is 2.97. The minimum Gasteiger partial charge on any atom is -0.507 e. The summed E-state index contributed by atoms with van der Waals surface area (Å²) in [7, 11) is 0. The molecule has 19 heavy (non-hydrogen) atoms. The number of para-hydroxylation sites is 1. The number of rotatable bonds is 2. The molecule has 2 aromatic carbocycles. The Bertz CT molecular complexity index is 692. The zero-order valence-corrected chi connectivity index (χ0v) is 10.2. The smallest absolute Gasteiger partial charge is 0.123 e. The van der Waals surface area contributed by atoms with Gasteiger partial charge < -0.3 is 5.11 Å². The summed E-state index contributed by atoms with van der Waals surface area (Å²) in [4.78, 5) is 4.36. The van der Waals surface area contributed by atoms with Crippen molar-refractivity contribution in [2.24, 2.45) is 0 Å². The molecule has 3 aromatic rings. The van der Waals surface area contributed by atoms with E-state index in [1.807, 2.05) is 54.6 Å². The Morgan fingerprint density at radius 2 is 1.63 bits per heavy atom. The Morgan fingerprint density at radius 1 is 0.842 bits per heavy atom. The summed E-state index contributed by atoms with van der Waals surface area (Å²) in [6.45, 7) is 0. The third-order valence-electron chi connectivity index (χ3n) is 2.97. The SMILES string of the molecule is Oc1ccccc1-c1[c]cccc1-c1ccccn1. The molecule has 0 amide bonds. The molecule has 91 valence electrons. The Hall–Kier alpha value is -2.61. The molecule has 1 aromatic heterocycles. The van der Waals surface area contributed by atoms with Gasteiger partial charge in [0.05, 0.1) is 5.69 Å². The number of hydrogen-bond donors (Lipinski definition) is 1. The van der Waals surface area contributed by atoms with Gasteiger partial charge in [0.25, 0.3) is 0 Å². The zero-order chi connectivity index (χ0) is 13.1. The van der Waals surface area contributed by atoms with Gasteiger partial charge in [0, 0.05) is 22.9 Å². The van der Waals surface area contributed by atoms with Crippen LogP contribution < -0.4 is 0 Å². The fourth-order valence-electron chi connectivity index (χ4n) is 2.08. The highest BCUT2D eigenvalue weighted by Crippen LogP contribution is 2.35. The van der Waals surface area contributed by atoms with Gasteiger partial charge in [0.15, 0.2) is 0 Å². The number of pyridine rings is 1. The van der Waals surface area contributed by atoms with Gasteiger partial charge in [-0.05, 0) is 24.3 Å². The summed E-state index contributed by atoms with van der Waals surface area (Å²) in [5, 5.41) is 9.99. The van der Waals surface area contributed by atoms with Gasteiger partial charge in [-0.1, -0.05) is 42.5 Å². The topological polar surface area (TPSA) is 33.1 Å². The van der Waals surface area contributed by atoms with E-state index in [-0.39, 0.29) is 5.75 Å². The molecule has 1 N–H and O–H groups in total. The van der Waals surface area contributed by atoms with Crippen LogP contribution in [0.4, 0.5) is 0 Å². The number of aromatic nitrogens is 1. The van der Waals surface area contributed by atoms with Gasteiger partial charge in [-0.15, -0.1) is 0 Å². The van der Waals surface area contributed by atoms with Crippen LogP contribution in [0.1, 0.15) is 0 Å². The van der Waals surface area contributed by atoms with Gasteiger partial charge in [-0.25, -0.2) is 0 Å². The molecule has 0 bridgehead atoms. The number of aromatic hydroxyl groups is 1. The normalized spacial score (nSPS) is 10.3. The Kier molecular flexibility index (Phi) is 2.99. The summed E-state index contributed by atoms with van der Waals surface area (Å²) < 4.78 is 0. The zero-order valence-electron chi connectivity index (χ0n) is 10.2. The molecule has 2 heteroatoms. The summed E-state index contributed by atoms with van der Waals surface area (Å²) >= 11 is 0. The molecule has 0 aliphatic heterocycles. The maximum absolute atomic E-state index is 9.99. The minimum absolute atomic E-state index is 0.252. The molecule has 0 saturated heterocycles. The van der Waals surface area contributed by atoms with Gasteiger partial charge in [0.1, 0.15) is 5.75 Å². The van der Waals surface area contributed by atoms with Crippen LogP contribution in [0.2, 0.25) is 0 Å². The molecule has 0 aliphatic rings. The first kappa shape index (κ1) is 11.5. The second kappa shape index (κ2) is 4.94. The van der Waals surface area contributed by atoms with Crippen LogP contribution in [0.25, 0.3) is 22.4 Å². The molecule has 0 aliphatic carbocycles. The van der Waals surface area contributed by atoms with Crippen LogP contribution in [0.3, 0.4) is 0 Å². The summed E-state index contributed by atoms with van der Waals surface area (Å²) in [6, 6.07) is 22.0. The van der Waals surface area contributed by atoms with Crippen molar-refractivity contribution in [2.75, 3.05) is 0 Å². The average Bonchev–Trinajstić information content (AvgIpc) is 2.49. The lowest BCUT2D eigenvalue weighted by atomic mass is 9.97. The van der Waals surface area contributed by atoms with Crippen molar-refractivity contribution in [1.82, 2.24) is 4.98 Å². The highest BCUT2D eigenvalue weighted by molar-refractivity contribution is 5.84. The van der Waals surface area contributed by atoms with Crippen LogP contribution in [0.15, 0.2) is 66.9 Å². The van der Waals surface area contributed by atoms with Crippen LogP contribution in [0, 0.1) is 6.07 Å². The van der Waals surface area contributed by atoms with Crippen molar-refractivity contribution >= 4 is 0 Å². The van der Waals surface area contributed by atoms with Crippen molar-refractivity contribution in [2.45, 2.75) is 0 Å². The van der Waals surface area contributed by atoms with Crippen molar-refractivity contribution in [3.63, 3.8) is 0 Å². The predicted octanol–water partition coefficient (Wildman–Crippen LogP) is 3.92. The standard InChI is InChI=1S/C17H12NO/c19-17-11-4-3-9-15(17)13-7-1-2-8-14(13)16-10-5-6-12-18-16/h1-6,8-12,19H. The molecule has 0 atom stereocenters. The lowest BCUT2D eigenvalue weighted by Gasteiger charge is -2.10. The van der Waals surface area contributed by atoms with Gasteiger partial charge in [0.2, 0.25) is 0 Å². The molecular formula is C17H12NO. The first-order chi connectivity index (χ1) is 9.36. The van der Waals surface area contributed by atoms with E-state index in [9.17, 15) is 5.11 Å². The highest BCUT2D eigenvalue weighted by Gasteiger charge is 2.10. The molecule has 0 saturated carbocycles. The quantitative estimate of drug-likeness (QED) is 0.743. The van der Waals surface area contributed by atoms with Crippen molar-refractivity contribution in [3.05, 3.63) is 72.9 Å². The Balaban J connectivity index is 2.21. The number of phenols is 1. The van der Waals surface area contributed by atoms with Crippen LogP contribution in [-0.4, -0.2) is 10.1 Å². The lowest BCUT2D eigenvalue weighted by molar-refractivity contribution is 0.477. The maximum Gasteiger partial charge on any atom is 0.123 e. The van der Waals surface area contributed by atoms with Crippen molar-refractivity contribution in [3.8, 4) is 28.1 Å². The first-order valence-corrected chi connectivity index (χ1v) is 6.07. The van der Waals surface area contributed by atoms with Crippen LogP contribution >= 0.6 is 0 Å². The van der Waals surface area contributed by atoms with Crippen LogP contribution in [0.5, 0.6) is 5.75 Å². The number of nitrogens with zero attached hydrogens (tertiary/aromatic N) is 1. The highest BCUT2D eigenvalue weighted by atomic mass is 16.3. The Labute approximate surface area is 112 Å². The van der Waals surface area contributed by atoms with Crippen LogP contribution in [-0.2, 0) is 0 Å². The monoisotopic (exact) mass is 246 g/mol. The summed E-state index contributed by atoms with van der Waals surface area (Å²) in [5.41, 5.74) is 3.46. The fraction of sp³-hybridized carbons (Fsp3) is 0. The molecule has 2 nitrogen and oxygen atoms in total. The van der Waals surface area contributed by atoms with Gasteiger partial charge >= 0.3 is 0 Å². The van der Waals surface area contributed by atoms with E-state index in [1.54, 1.807) is 12.3 Å². The van der Waals surface area contributed by atoms with E-state index >= 15 is 0 Å². The van der Waals surface area contributed by atoms with E-state index < -0.39 is 0 Å². The number of hydrogen-bond acceptors (Lipinski definition) is 2. The van der Waals surface area contributed by atoms with E-state index in [0.717, 1.165) is 22.4 Å². The first-order valence-electron chi connectivity index (χ1n) is 6.07. The number of benzene rings is 2. The molecule has 1 heterocycles. The van der Waals surface area contributed by atoms with Gasteiger partial charge in [-0.2, -0.15) is 0 Å². The molecule has 0 fully saturated rings. The van der Waals surface area contributed by atoms with E-state index in [1.165, 1.54) is 0 Å². The third kappa shape index (κ3) is 2.20. The summed E-state index contributed by atoms with van der Waals surface area (Å²) in [5.74, 6) is 0.252. The minimum atomic E-state index is 0.252. The summed E-state index contributed by atoms with van der Waals surface area (Å²) in [6.07, 6.45) is 1.76.